The lowest BCUT2D eigenvalue weighted by Crippen LogP contribution is -2.65. The minimum Gasteiger partial charge on any atom is -0.394 e. The summed E-state index contributed by atoms with van der Waals surface area (Å²) in [6.07, 6.45) is 51.2. The Morgan fingerprint density at radius 1 is 0.481 bits per heavy atom. The van der Waals surface area contributed by atoms with Gasteiger partial charge in [0.1, 0.15) is 48.8 Å². The second-order valence-corrected chi connectivity index (χ2v) is 20.0. The first-order valence-corrected chi connectivity index (χ1v) is 29.3. The molecule has 2 aliphatic rings. The van der Waals surface area contributed by atoms with Crippen molar-refractivity contribution >= 4 is 5.91 Å². The first-order valence-electron chi connectivity index (χ1n) is 29.3. The standard InChI is InChI=1S/C63H103NO13/c1-3-5-7-9-11-12-13-14-15-16-17-18-19-20-21-22-23-24-25-26-27-28-29-30-31-32-33-34-35-36-37-38-39-40-41-43-45-47-55(68)64-51(52(67)46-44-42-10-8-6-4-2)50-74-62-60(73)58(71)61(54(49-66)76-62)77-63-59(72)57(70)56(69)53(48-65)75-63/h5,7,11-12,14-15,17-18,20-21,23-24,26-27,29-30,32-33,35-36,51-54,56-63,65-67,69-73H,3-4,6,8-10,13,16,19,22,25,28,31,34,37-50H2,1-2H3,(H,64,68)/b7-5-,12-11-,15-14-,18-17-,21-20-,24-23-,27-26-,30-29-,33-32-,36-35-. The van der Waals surface area contributed by atoms with Gasteiger partial charge in [0.15, 0.2) is 12.6 Å². The fraction of sp³-hybridized carbons (Fsp3) is 0.667. The van der Waals surface area contributed by atoms with Crippen LogP contribution in [0.3, 0.4) is 0 Å². The molecule has 0 aromatic heterocycles. The lowest BCUT2D eigenvalue weighted by Gasteiger charge is -2.46. The molecule has 14 heteroatoms. The Kier molecular flexibility index (Phi) is 42.6. The molecule has 2 rings (SSSR count). The number of ether oxygens (including phenoxy) is 4. The van der Waals surface area contributed by atoms with Crippen molar-refractivity contribution in [1.29, 1.82) is 0 Å². The third kappa shape index (κ3) is 32.9. The largest absolute Gasteiger partial charge is 0.394 e. The van der Waals surface area contributed by atoms with Crippen molar-refractivity contribution in [2.75, 3.05) is 19.8 Å². The number of allylic oxidation sites excluding steroid dienone is 20. The van der Waals surface area contributed by atoms with Crippen LogP contribution in [0.4, 0.5) is 0 Å². The fourth-order valence-corrected chi connectivity index (χ4v) is 8.73. The average Bonchev–Trinajstić information content (AvgIpc) is 3.43. The molecule has 2 heterocycles. The number of carbonyl (C=O) groups is 1. The first kappa shape index (κ1) is 69.5. The van der Waals surface area contributed by atoms with Gasteiger partial charge in [0, 0.05) is 6.42 Å². The second kappa shape index (κ2) is 47.2. The van der Waals surface area contributed by atoms with E-state index in [0.717, 1.165) is 141 Å². The third-order valence-corrected chi connectivity index (χ3v) is 13.4. The number of nitrogens with one attached hydrogen (secondary N) is 1. The molecule has 0 aromatic rings. The molecule has 12 atom stereocenters. The Bertz CT molecular complexity index is 1750. The summed E-state index contributed by atoms with van der Waals surface area (Å²) in [4.78, 5) is 13.1. The quantitative estimate of drug-likeness (QED) is 0.0205. The van der Waals surface area contributed by atoms with Gasteiger partial charge >= 0.3 is 0 Å². The number of carbonyl (C=O) groups excluding carboxylic acids is 1. The van der Waals surface area contributed by atoms with Crippen LogP contribution in [0.15, 0.2) is 122 Å². The number of amides is 1. The summed E-state index contributed by atoms with van der Waals surface area (Å²) in [7, 11) is 0. The molecule has 2 saturated heterocycles. The molecule has 0 bridgehead atoms. The molecular formula is C63H103NO13. The molecule has 9 N–H and O–H groups in total. The van der Waals surface area contributed by atoms with Crippen LogP contribution in [0.25, 0.3) is 0 Å². The molecule has 0 aromatic carbocycles. The highest BCUT2D eigenvalue weighted by Crippen LogP contribution is 2.30. The Morgan fingerprint density at radius 3 is 1.38 bits per heavy atom. The summed E-state index contributed by atoms with van der Waals surface area (Å²) in [5.74, 6) is -0.234. The van der Waals surface area contributed by atoms with Crippen molar-refractivity contribution in [2.45, 2.75) is 248 Å². The van der Waals surface area contributed by atoms with Crippen LogP contribution in [-0.4, -0.2) is 140 Å². The molecular weight excluding hydrogens is 979 g/mol. The molecule has 0 saturated carbocycles. The number of aliphatic hydroxyl groups excluding tert-OH is 8. The van der Waals surface area contributed by atoms with E-state index in [1.165, 1.54) is 0 Å². The smallest absolute Gasteiger partial charge is 0.220 e. The molecule has 0 radical (unpaired) electrons. The van der Waals surface area contributed by atoms with Gasteiger partial charge in [-0.15, -0.1) is 0 Å². The summed E-state index contributed by atoms with van der Waals surface area (Å²) < 4.78 is 22.7. The van der Waals surface area contributed by atoms with Crippen LogP contribution in [0.5, 0.6) is 0 Å². The van der Waals surface area contributed by atoms with Crippen molar-refractivity contribution in [3.05, 3.63) is 122 Å². The van der Waals surface area contributed by atoms with E-state index in [4.69, 9.17) is 18.9 Å². The van der Waals surface area contributed by atoms with Gasteiger partial charge in [0.25, 0.3) is 0 Å². The lowest BCUT2D eigenvalue weighted by atomic mass is 9.97. The summed E-state index contributed by atoms with van der Waals surface area (Å²) >= 11 is 0. The van der Waals surface area contributed by atoms with Gasteiger partial charge in [-0.05, 0) is 89.9 Å². The monoisotopic (exact) mass is 1080 g/mol. The number of aliphatic hydroxyl groups is 8. The van der Waals surface area contributed by atoms with E-state index in [2.05, 4.69) is 141 Å². The van der Waals surface area contributed by atoms with Gasteiger partial charge in [-0.1, -0.05) is 200 Å². The van der Waals surface area contributed by atoms with Crippen LogP contribution >= 0.6 is 0 Å². The average molecular weight is 1080 g/mol. The maximum Gasteiger partial charge on any atom is 0.220 e. The lowest BCUT2D eigenvalue weighted by molar-refractivity contribution is -0.359. The molecule has 77 heavy (non-hydrogen) atoms. The van der Waals surface area contributed by atoms with Gasteiger partial charge in [0.05, 0.1) is 32.0 Å². The molecule has 0 spiro atoms. The van der Waals surface area contributed by atoms with Gasteiger partial charge in [-0.25, -0.2) is 0 Å². The van der Waals surface area contributed by atoms with Crippen molar-refractivity contribution in [3.8, 4) is 0 Å². The molecule has 12 unspecified atom stereocenters. The third-order valence-electron chi connectivity index (χ3n) is 13.4. The summed E-state index contributed by atoms with van der Waals surface area (Å²) in [5.41, 5.74) is 0. The summed E-state index contributed by atoms with van der Waals surface area (Å²) in [6.45, 7) is 2.62. The van der Waals surface area contributed by atoms with Crippen LogP contribution < -0.4 is 5.32 Å². The molecule has 14 nitrogen and oxygen atoms in total. The zero-order valence-corrected chi connectivity index (χ0v) is 46.9. The predicted molar refractivity (Wildman–Crippen MR) is 308 cm³/mol. The summed E-state index contributed by atoms with van der Waals surface area (Å²) in [6, 6.07) is -0.842. The molecule has 2 fully saturated rings. The normalized spacial score (nSPS) is 25.6. The number of hydrogen-bond acceptors (Lipinski definition) is 13. The van der Waals surface area contributed by atoms with E-state index >= 15 is 0 Å². The second-order valence-electron chi connectivity index (χ2n) is 20.0. The molecule has 2 aliphatic heterocycles. The maximum atomic E-state index is 13.1. The van der Waals surface area contributed by atoms with Gasteiger partial charge in [0.2, 0.25) is 5.91 Å². The van der Waals surface area contributed by atoms with Crippen molar-refractivity contribution in [2.24, 2.45) is 0 Å². The zero-order valence-electron chi connectivity index (χ0n) is 46.9. The predicted octanol–water partition coefficient (Wildman–Crippen LogP) is 9.83. The SMILES string of the molecule is CC/C=C\C/C=C\C/C=C\C/C=C\C/C=C\C/C=C\C/C=C\C/C=C\C/C=C\C/C=C\CCCCCCCCC(=O)NC(COC1OC(CO)C(OC2OC(CO)C(O)C(O)C2O)C(O)C1O)C(O)CCCCCCCC. The van der Waals surface area contributed by atoms with E-state index in [1.54, 1.807) is 0 Å². The van der Waals surface area contributed by atoms with Crippen LogP contribution in [0.1, 0.15) is 174 Å². The fourth-order valence-electron chi connectivity index (χ4n) is 8.73. The number of hydrogen-bond donors (Lipinski definition) is 9. The minimum absolute atomic E-state index is 0.234. The first-order chi connectivity index (χ1) is 37.6. The highest BCUT2D eigenvalue weighted by molar-refractivity contribution is 5.76. The van der Waals surface area contributed by atoms with Crippen molar-refractivity contribution in [3.63, 3.8) is 0 Å². The highest BCUT2D eigenvalue weighted by atomic mass is 16.7. The molecule has 1 amide bonds. The Labute approximate surface area is 463 Å². The van der Waals surface area contributed by atoms with E-state index in [-0.39, 0.29) is 18.9 Å². The van der Waals surface area contributed by atoms with E-state index < -0.39 is 86.8 Å². The Hall–Kier alpha value is -3.61. The maximum absolute atomic E-state index is 13.1. The van der Waals surface area contributed by atoms with Crippen LogP contribution in [0.2, 0.25) is 0 Å². The van der Waals surface area contributed by atoms with Crippen LogP contribution in [-0.2, 0) is 23.7 Å². The van der Waals surface area contributed by atoms with Gasteiger partial charge in [-0.2, -0.15) is 0 Å². The highest BCUT2D eigenvalue weighted by Gasteiger charge is 2.51. The molecule has 438 valence electrons. The van der Waals surface area contributed by atoms with Crippen molar-refractivity contribution in [1.82, 2.24) is 5.32 Å². The number of unbranched alkanes of at least 4 members (excludes halogenated alkanes) is 11. The zero-order chi connectivity index (χ0) is 56.0. The van der Waals surface area contributed by atoms with E-state index in [9.17, 15) is 45.6 Å². The minimum atomic E-state index is -1.79. The number of rotatable bonds is 44. The topological polar surface area (TPSA) is 228 Å². The van der Waals surface area contributed by atoms with E-state index in [1.807, 2.05) is 0 Å². The van der Waals surface area contributed by atoms with E-state index in [0.29, 0.717) is 12.8 Å². The van der Waals surface area contributed by atoms with Gasteiger partial charge < -0.3 is 65.1 Å². The summed E-state index contributed by atoms with van der Waals surface area (Å²) in [5, 5.41) is 86.6. The Balaban J connectivity index is 1.60. The van der Waals surface area contributed by atoms with Gasteiger partial charge in [-0.3, -0.25) is 4.79 Å². The van der Waals surface area contributed by atoms with Crippen LogP contribution in [0, 0.1) is 0 Å². The van der Waals surface area contributed by atoms with Crippen molar-refractivity contribution < 1.29 is 64.6 Å². The Morgan fingerprint density at radius 2 is 0.896 bits per heavy atom. The molecule has 0 aliphatic carbocycles.